The van der Waals surface area contributed by atoms with E-state index in [1.165, 1.54) is 96.3 Å². The van der Waals surface area contributed by atoms with Gasteiger partial charge in [0, 0.05) is 12.0 Å². The average Bonchev–Trinajstić information content (AvgIpc) is 2.91. The van der Waals surface area contributed by atoms with Crippen LogP contribution in [0.1, 0.15) is 193 Å². The zero-order valence-electron chi connectivity index (χ0n) is 26.0. The molecule has 2 N–H and O–H groups in total. The number of hydrogen-bond acceptors (Lipinski definition) is 3. The first kappa shape index (κ1) is 35.2. The molecule has 4 heteroatoms. The van der Waals surface area contributed by atoms with Gasteiger partial charge in [0.25, 0.3) is 0 Å². The predicted octanol–water partition coefficient (Wildman–Crippen LogP) is 11.1. The van der Waals surface area contributed by atoms with Gasteiger partial charge in [0.05, 0.1) is 0 Å². The van der Waals surface area contributed by atoms with Gasteiger partial charge in [-0.1, -0.05) is 136 Å². The predicted molar refractivity (Wildman–Crippen MR) is 165 cm³/mol. The smallest absolute Gasteiger partial charge is 0.339 e. The number of unbranched alkanes of at least 4 members (excludes halogenated alkanes) is 19. The van der Waals surface area contributed by atoms with Crippen molar-refractivity contribution in [2.75, 3.05) is 0 Å². The van der Waals surface area contributed by atoms with Gasteiger partial charge in [0.15, 0.2) is 5.78 Å². The fourth-order valence-electron chi connectivity index (χ4n) is 5.77. The molecule has 0 saturated carbocycles. The molecular formula is C35H60O4. The Morgan fingerprint density at radius 1 is 0.538 bits per heavy atom. The van der Waals surface area contributed by atoms with Crippen molar-refractivity contribution in [1.82, 2.24) is 0 Å². The zero-order chi connectivity index (χ0) is 28.9. The number of rotatable bonds is 25. The second-order valence-electron chi connectivity index (χ2n) is 11.8. The second-order valence-corrected chi connectivity index (χ2v) is 11.8. The molecule has 0 spiro atoms. The molecule has 0 heterocycles. The first-order valence-corrected chi connectivity index (χ1v) is 16.5. The molecule has 1 aromatic carbocycles. The molecule has 0 aliphatic heterocycles. The highest BCUT2D eigenvalue weighted by molar-refractivity contribution is 6.04. The highest BCUT2D eigenvalue weighted by Crippen LogP contribution is 2.35. The fourth-order valence-corrected chi connectivity index (χ4v) is 5.77. The van der Waals surface area contributed by atoms with Crippen LogP contribution in [0.2, 0.25) is 0 Å². The number of aromatic hydroxyl groups is 1. The van der Waals surface area contributed by atoms with Gasteiger partial charge < -0.3 is 10.2 Å². The van der Waals surface area contributed by atoms with Gasteiger partial charge in [-0.2, -0.15) is 0 Å². The molecule has 0 atom stereocenters. The lowest BCUT2D eigenvalue weighted by molar-refractivity contribution is 0.0692. The standard InChI is InChI=1S/C35H60O4/c1-5-7-9-11-13-14-15-16-17-18-19-21-22-24-26-30-32(28(3)29(4)34(37)33(30)35(38)39)31(36)27-25-23-20-12-10-8-6-2/h37H,5-27H2,1-4H3,(H,38,39). The highest BCUT2D eigenvalue weighted by atomic mass is 16.4. The van der Waals surface area contributed by atoms with E-state index in [4.69, 9.17) is 0 Å². The van der Waals surface area contributed by atoms with Crippen LogP contribution in [0.25, 0.3) is 0 Å². The fraction of sp³-hybridized carbons (Fsp3) is 0.771. The number of phenols is 1. The van der Waals surface area contributed by atoms with E-state index >= 15 is 0 Å². The summed E-state index contributed by atoms with van der Waals surface area (Å²) in [4.78, 5) is 25.5. The molecule has 0 aromatic heterocycles. The number of hydrogen-bond donors (Lipinski definition) is 2. The number of carboxylic acids is 1. The Morgan fingerprint density at radius 3 is 1.33 bits per heavy atom. The van der Waals surface area contributed by atoms with Gasteiger partial charge in [-0.05, 0) is 49.8 Å². The van der Waals surface area contributed by atoms with Crippen LogP contribution in [0, 0.1) is 13.8 Å². The Labute approximate surface area is 240 Å². The number of benzene rings is 1. The molecule has 0 amide bonds. The summed E-state index contributed by atoms with van der Waals surface area (Å²) in [5.74, 6) is -1.28. The molecule has 0 bridgehead atoms. The Hall–Kier alpha value is -1.84. The zero-order valence-corrected chi connectivity index (χ0v) is 26.0. The summed E-state index contributed by atoms with van der Waals surface area (Å²) in [6, 6.07) is 0. The monoisotopic (exact) mass is 544 g/mol. The summed E-state index contributed by atoms with van der Waals surface area (Å²) in [5.41, 5.74) is 2.31. The Kier molecular flexibility index (Phi) is 19.8. The third kappa shape index (κ3) is 13.9. The van der Waals surface area contributed by atoms with Gasteiger partial charge in [-0.25, -0.2) is 4.79 Å². The number of aromatic carboxylic acids is 1. The van der Waals surface area contributed by atoms with Crippen LogP contribution in [0.15, 0.2) is 0 Å². The number of Topliss-reactive ketones (excluding diaryl/α,β-unsaturated/α-hetero) is 1. The van der Waals surface area contributed by atoms with Crippen molar-refractivity contribution in [3.63, 3.8) is 0 Å². The molecule has 1 aromatic rings. The van der Waals surface area contributed by atoms with Crippen LogP contribution in [-0.4, -0.2) is 22.0 Å². The van der Waals surface area contributed by atoms with Gasteiger partial charge in [-0.15, -0.1) is 0 Å². The molecule has 0 radical (unpaired) electrons. The number of carbonyl (C=O) groups is 2. The molecule has 1 rings (SSSR count). The summed E-state index contributed by atoms with van der Waals surface area (Å²) in [5, 5.41) is 20.6. The lowest BCUT2D eigenvalue weighted by atomic mass is 9.85. The summed E-state index contributed by atoms with van der Waals surface area (Å²) in [7, 11) is 0. The second kappa shape index (κ2) is 21.9. The summed E-state index contributed by atoms with van der Waals surface area (Å²) < 4.78 is 0. The van der Waals surface area contributed by atoms with Crippen molar-refractivity contribution >= 4 is 11.8 Å². The van der Waals surface area contributed by atoms with Gasteiger partial charge >= 0.3 is 5.97 Å². The molecule has 0 saturated heterocycles. The largest absolute Gasteiger partial charge is 0.507 e. The van der Waals surface area contributed by atoms with Gasteiger partial charge in [-0.3, -0.25) is 4.79 Å². The minimum Gasteiger partial charge on any atom is -0.507 e. The first-order chi connectivity index (χ1) is 18.9. The molecule has 0 unspecified atom stereocenters. The summed E-state index contributed by atoms with van der Waals surface area (Å²) >= 11 is 0. The third-order valence-corrected chi connectivity index (χ3v) is 8.41. The number of ketones is 1. The van der Waals surface area contributed by atoms with Gasteiger partial charge in [0.2, 0.25) is 0 Å². The van der Waals surface area contributed by atoms with Crippen molar-refractivity contribution in [3.8, 4) is 5.75 Å². The van der Waals surface area contributed by atoms with E-state index in [-0.39, 0.29) is 17.1 Å². The Balaban J connectivity index is 2.56. The quantitative estimate of drug-likeness (QED) is 0.0948. The highest BCUT2D eigenvalue weighted by Gasteiger charge is 2.26. The van der Waals surface area contributed by atoms with Crippen molar-refractivity contribution in [3.05, 3.63) is 27.8 Å². The third-order valence-electron chi connectivity index (χ3n) is 8.41. The average molecular weight is 545 g/mol. The summed E-state index contributed by atoms with van der Waals surface area (Å²) in [6.45, 7) is 8.05. The van der Waals surface area contributed by atoms with Crippen LogP contribution in [0.4, 0.5) is 0 Å². The molecule has 0 aliphatic rings. The first-order valence-electron chi connectivity index (χ1n) is 16.5. The van der Waals surface area contributed by atoms with Crippen LogP contribution in [0.5, 0.6) is 5.75 Å². The van der Waals surface area contributed by atoms with Crippen molar-refractivity contribution in [1.29, 1.82) is 0 Å². The maximum absolute atomic E-state index is 13.3. The maximum atomic E-state index is 13.3. The normalized spacial score (nSPS) is 11.3. The van der Waals surface area contributed by atoms with Crippen molar-refractivity contribution in [2.45, 2.75) is 175 Å². The van der Waals surface area contributed by atoms with E-state index in [2.05, 4.69) is 13.8 Å². The minimum atomic E-state index is -1.14. The van der Waals surface area contributed by atoms with E-state index < -0.39 is 5.97 Å². The lowest BCUT2D eigenvalue weighted by Crippen LogP contribution is -2.14. The van der Waals surface area contributed by atoms with Gasteiger partial charge in [0.1, 0.15) is 11.3 Å². The van der Waals surface area contributed by atoms with Crippen LogP contribution >= 0.6 is 0 Å². The van der Waals surface area contributed by atoms with Crippen LogP contribution < -0.4 is 0 Å². The summed E-state index contributed by atoms with van der Waals surface area (Å²) in [6.07, 6.45) is 26.7. The minimum absolute atomic E-state index is 0.0343. The Morgan fingerprint density at radius 2 is 0.923 bits per heavy atom. The number of carbonyl (C=O) groups excluding carboxylic acids is 1. The van der Waals surface area contributed by atoms with E-state index in [1.54, 1.807) is 6.92 Å². The Bertz CT molecular complexity index is 827. The SMILES string of the molecule is CCCCCCCCCCCCCCCCc1c(C(=O)CCCCCCCCC)c(C)c(C)c(O)c1C(=O)O. The molecule has 4 nitrogen and oxygen atoms in total. The lowest BCUT2D eigenvalue weighted by Gasteiger charge is -2.19. The van der Waals surface area contributed by atoms with Crippen LogP contribution in [-0.2, 0) is 6.42 Å². The molecule has 224 valence electrons. The molecule has 39 heavy (non-hydrogen) atoms. The van der Waals surface area contributed by atoms with E-state index in [0.29, 0.717) is 29.5 Å². The van der Waals surface area contributed by atoms with Crippen LogP contribution in [0.3, 0.4) is 0 Å². The van der Waals surface area contributed by atoms with Crippen molar-refractivity contribution in [2.24, 2.45) is 0 Å². The molecular weight excluding hydrogens is 484 g/mol. The molecule has 0 fully saturated rings. The topological polar surface area (TPSA) is 74.6 Å². The molecule has 0 aliphatic carbocycles. The van der Waals surface area contributed by atoms with E-state index in [9.17, 15) is 19.8 Å². The van der Waals surface area contributed by atoms with Crippen molar-refractivity contribution < 1.29 is 19.8 Å². The van der Waals surface area contributed by atoms with E-state index in [1.807, 2.05) is 6.92 Å². The number of carboxylic acid groups (broad SMARTS) is 1. The van der Waals surface area contributed by atoms with E-state index in [0.717, 1.165) is 44.1 Å². The maximum Gasteiger partial charge on any atom is 0.339 e.